The molecule has 0 radical (unpaired) electrons. The molecular formula is C15H16BFO8. The molecule has 2 unspecified atom stereocenters. The van der Waals surface area contributed by atoms with Crippen molar-refractivity contribution in [3.05, 3.63) is 29.1 Å². The van der Waals surface area contributed by atoms with Gasteiger partial charge in [-0.25, -0.2) is 14.0 Å². The number of benzene rings is 1. The standard InChI is InChI=1S/C15H16BFO8/c1-21-4-5-22-15(19)24-7-23-14(18)12-11(17)3-2-8-9-6-10(9)16(20)25-13(8)12/h2-3,9-10,20H,4-7H2,1H3. The quantitative estimate of drug-likeness (QED) is 0.355. The number of methoxy groups -OCH3 is 1. The highest BCUT2D eigenvalue weighted by atomic mass is 19.1. The second-order valence-electron chi connectivity index (χ2n) is 5.64. The van der Waals surface area contributed by atoms with E-state index in [1.807, 2.05) is 0 Å². The summed E-state index contributed by atoms with van der Waals surface area (Å²) in [6, 6.07) is 2.67. The van der Waals surface area contributed by atoms with Gasteiger partial charge in [-0.15, -0.1) is 0 Å². The first-order valence-electron chi connectivity index (χ1n) is 7.65. The summed E-state index contributed by atoms with van der Waals surface area (Å²) in [5.41, 5.74) is 0.224. The molecule has 0 amide bonds. The Hall–Kier alpha value is -2.33. The minimum absolute atomic E-state index is 0.0155. The summed E-state index contributed by atoms with van der Waals surface area (Å²) in [5, 5.41) is 9.82. The van der Waals surface area contributed by atoms with Crippen molar-refractivity contribution in [2.24, 2.45) is 0 Å². The minimum atomic E-state index is -1.09. The smallest absolute Gasteiger partial charge is 0.526 e. The van der Waals surface area contributed by atoms with Crippen LogP contribution in [0.15, 0.2) is 12.1 Å². The van der Waals surface area contributed by atoms with Gasteiger partial charge in [-0.05, 0) is 24.0 Å². The van der Waals surface area contributed by atoms with Crippen molar-refractivity contribution >= 4 is 19.2 Å². The minimum Gasteiger partial charge on any atom is -0.535 e. The fourth-order valence-electron chi connectivity index (χ4n) is 2.73. The highest BCUT2D eigenvalue weighted by molar-refractivity contribution is 6.48. The number of carbonyl (C=O) groups is 2. The second kappa shape index (κ2) is 7.28. The number of fused-ring (bicyclic) bond motifs is 3. The van der Waals surface area contributed by atoms with Gasteiger partial charge in [0.05, 0.1) is 6.61 Å². The van der Waals surface area contributed by atoms with E-state index < -0.39 is 37.4 Å². The lowest BCUT2D eigenvalue weighted by Crippen LogP contribution is -2.28. The van der Waals surface area contributed by atoms with Crippen LogP contribution >= 0.6 is 0 Å². The van der Waals surface area contributed by atoms with E-state index in [-0.39, 0.29) is 30.7 Å². The van der Waals surface area contributed by atoms with Crippen LogP contribution in [0.5, 0.6) is 5.75 Å². The van der Waals surface area contributed by atoms with Crippen LogP contribution in [0.2, 0.25) is 5.82 Å². The number of rotatable bonds is 6. The Morgan fingerprint density at radius 2 is 2.12 bits per heavy atom. The van der Waals surface area contributed by atoms with E-state index in [1.165, 1.54) is 13.2 Å². The van der Waals surface area contributed by atoms with Crippen molar-refractivity contribution in [1.82, 2.24) is 0 Å². The van der Waals surface area contributed by atoms with Gasteiger partial charge in [0.15, 0.2) is 0 Å². The Kier molecular flexibility index (Phi) is 5.09. The topological polar surface area (TPSA) is 101 Å². The van der Waals surface area contributed by atoms with Crippen molar-refractivity contribution < 1.29 is 42.6 Å². The highest BCUT2D eigenvalue weighted by Crippen LogP contribution is 2.60. The maximum Gasteiger partial charge on any atom is 0.526 e. The number of hydrogen-bond acceptors (Lipinski definition) is 8. The van der Waals surface area contributed by atoms with Crippen LogP contribution in [0, 0.1) is 5.82 Å². The van der Waals surface area contributed by atoms with Crippen LogP contribution < -0.4 is 4.65 Å². The van der Waals surface area contributed by atoms with Crippen molar-refractivity contribution in [3.63, 3.8) is 0 Å². The molecule has 25 heavy (non-hydrogen) atoms. The molecule has 8 nitrogen and oxygen atoms in total. The van der Waals surface area contributed by atoms with E-state index in [0.717, 1.165) is 6.07 Å². The predicted octanol–water partition coefficient (Wildman–Crippen LogP) is 1.47. The lowest BCUT2D eigenvalue weighted by Gasteiger charge is -2.21. The molecule has 0 bridgehead atoms. The predicted molar refractivity (Wildman–Crippen MR) is 80.7 cm³/mol. The van der Waals surface area contributed by atoms with Crippen molar-refractivity contribution in [2.45, 2.75) is 18.2 Å². The first kappa shape index (κ1) is 17.5. The molecule has 0 saturated heterocycles. The Balaban J connectivity index is 1.61. The molecule has 0 aromatic heterocycles. The van der Waals surface area contributed by atoms with Crippen molar-refractivity contribution in [3.8, 4) is 5.75 Å². The van der Waals surface area contributed by atoms with Crippen LogP contribution in [-0.4, -0.2) is 51.4 Å². The number of ether oxygens (including phenoxy) is 4. The molecule has 1 aliphatic carbocycles. The lowest BCUT2D eigenvalue weighted by molar-refractivity contribution is -0.0317. The maximum atomic E-state index is 14.1. The molecule has 10 heteroatoms. The van der Waals surface area contributed by atoms with Crippen LogP contribution in [0.1, 0.15) is 28.3 Å². The first-order chi connectivity index (χ1) is 12.0. The van der Waals surface area contributed by atoms with Gasteiger partial charge in [-0.3, -0.25) is 0 Å². The van der Waals surface area contributed by atoms with Gasteiger partial charge >= 0.3 is 19.2 Å². The monoisotopic (exact) mass is 354 g/mol. The Morgan fingerprint density at radius 3 is 2.88 bits per heavy atom. The molecule has 1 heterocycles. The van der Waals surface area contributed by atoms with Crippen LogP contribution in [-0.2, 0) is 18.9 Å². The van der Waals surface area contributed by atoms with Crippen LogP contribution in [0.25, 0.3) is 0 Å². The molecule has 1 fully saturated rings. The van der Waals surface area contributed by atoms with Crippen LogP contribution in [0.4, 0.5) is 9.18 Å². The Morgan fingerprint density at radius 1 is 1.32 bits per heavy atom. The summed E-state index contributed by atoms with van der Waals surface area (Å²) in [6.45, 7) is -0.571. The SMILES string of the molecule is COCCOC(=O)OCOC(=O)c1c(F)ccc2c1OB(O)C1CC21. The van der Waals surface area contributed by atoms with Gasteiger partial charge in [0.2, 0.25) is 6.79 Å². The van der Waals surface area contributed by atoms with Gasteiger partial charge < -0.3 is 28.6 Å². The zero-order valence-electron chi connectivity index (χ0n) is 13.4. The van der Waals surface area contributed by atoms with E-state index in [9.17, 15) is 19.0 Å². The molecule has 0 spiro atoms. The summed E-state index contributed by atoms with van der Waals surface area (Å²) < 4.78 is 37.9. The van der Waals surface area contributed by atoms with E-state index in [2.05, 4.69) is 14.2 Å². The summed E-state index contributed by atoms with van der Waals surface area (Å²) in [5.74, 6) is -1.94. The first-order valence-corrected chi connectivity index (χ1v) is 7.65. The third-order valence-electron chi connectivity index (χ3n) is 4.06. The van der Waals surface area contributed by atoms with E-state index in [0.29, 0.717) is 12.0 Å². The molecule has 3 rings (SSSR count). The lowest BCUT2D eigenvalue weighted by atomic mass is 9.77. The molecule has 134 valence electrons. The molecule has 1 aromatic rings. The Labute approximate surface area is 142 Å². The van der Waals surface area contributed by atoms with Crippen molar-refractivity contribution in [1.29, 1.82) is 0 Å². The van der Waals surface area contributed by atoms with E-state index in [1.54, 1.807) is 0 Å². The fraction of sp³-hybridized carbons (Fsp3) is 0.467. The number of hydrogen-bond donors (Lipinski definition) is 1. The third-order valence-corrected chi connectivity index (χ3v) is 4.06. The summed E-state index contributed by atoms with van der Waals surface area (Å²) in [7, 11) is 0.354. The van der Waals surface area contributed by atoms with Gasteiger partial charge in [-0.1, -0.05) is 6.07 Å². The summed E-state index contributed by atoms with van der Waals surface area (Å²) in [6.07, 6.45) is -0.335. The Bertz CT molecular complexity index is 682. The third kappa shape index (κ3) is 3.69. The van der Waals surface area contributed by atoms with Crippen molar-refractivity contribution in [2.75, 3.05) is 27.1 Å². The normalized spacial score (nSPS) is 20.0. The molecule has 1 saturated carbocycles. The highest BCUT2D eigenvalue weighted by Gasteiger charge is 2.54. The molecule has 1 aromatic carbocycles. The van der Waals surface area contributed by atoms with Gasteiger partial charge in [0.25, 0.3) is 0 Å². The fourth-order valence-corrected chi connectivity index (χ4v) is 2.73. The largest absolute Gasteiger partial charge is 0.535 e. The molecule has 2 aliphatic rings. The number of halogens is 1. The van der Waals surface area contributed by atoms with E-state index >= 15 is 0 Å². The zero-order chi connectivity index (χ0) is 18.0. The molecule has 1 N–H and O–H groups in total. The number of carbonyl (C=O) groups excluding carboxylic acids is 2. The molecule has 1 aliphatic heterocycles. The van der Waals surface area contributed by atoms with Gasteiger partial charge in [0.1, 0.15) is 23.7 Å². The van der Waals surface area contributed by atoms with E-state index in [4.69, 9.17) is 9.39 Å². The maximum absolute atomic E-state index is 14.1. The van der Waals surface area contributed by atoms with Gasteiger partial charge in [-0.2, -0.15) is 0 Å². The van der Waals surface area contributed by atoms with Gasteiger partial charge in [0, 0.05) is 12.9 Å². The molecule has 2 atom stereocenters. The summed E-state index contributed by atoms with van der Waals surface area (Å²) >= 11 is 0. The molecular weight excluding hydrogens is 338 g/mol. The average Bonchev–Trinajstić information content (AvgIpc) is 3.36. The average molecular weight is 354 g/mol. The second-order valence-corrected chi connectivity index (χ2v) is 5.64. The van der Waals surface area contributed by atoms with Crippen LogP contribution in [0.3, 0.4) is 0 Å². The zero-order valence-corrected chi connectivity index (χ0v) is 13.4. The summed E-state index contributed by atoms with van der Waals surface area (Å²) in [4.78, 5) is 23.3. The number of esters is 1.